The Bertz CT molecular complexity index is 567. The molecule has 1 aromatic heterocycles. The molecule has 0 fully saturated rings. The number of rotatable bonds is 3. The molecule has 0 saturated heterocycles. The van der Waals surface area contributed by atoms with Crippen molar-refractivity contribution in [1.29, 1.82) is 0 Å². The molecule has 0 atom stereocenters. The van der Waals surface area contributed by atoms with Crippen molar-refractivity contribution in [3.63, 3.8) is 0 Å². The van der Waals surface area contributed by atoms with Crippen LogP contribution in [-0.4, -0.2) is 5.91 Å². The predicted molar refractivity (Wildman–Crippen MR) is 71.7 cm³/mol. The minimum atomic E-state index is -0.134. The first kappa shape index (κ1) is 15.4. The number of anilines is 1. The van der Waals surface area contributed by atoms with Gasteiger partial charge in [-0.05, 0) is 18.2 Å². The van der Waals surface area contributed by atoms with Crippen molar-refractivity contribution in [1.82, 2.24) is 0 Å². The molecule has 1 aromatic carbocycles. The average molecular weight is 366 g/mol. The highest BCUT2D eigenvalue weighted by molar-refractivity contribution is 6.01. The van der Waals surface area contributed by atoms with Crippen LogP contribution in [0, 0.1) is 0 Å². The summed E-state index contributed by atoms with van der Waals surface area (Å²) >= 11 is 0. The third kappa shape index (κ3) is 4.82. The van der Waals surface area contributed by atoms with Crippen molar-refractivity contribution in [2.24, 2.45) is 7.05 Å². The summed E-state index contributed by atoms with van der Waals surface area (Å²) in [4.78, 5) is 11.7. The minimum absolute atomic E-state index is 0. The van der Waals surface area contributed by atoms with E-state index >= 15 is 0 Å². The lowest BCUT2D eigenvalue weighted by Crippen LogP contribution is -3.00. The molecule has 0 unspecified atom stereocenters. The Morgan fingerprint density at radius 2 is 1.79 bits per heavy atom. The first-order valence-corrected chi connectivity index (χ1v) is 5.74. The van der Waals surface area contributed by atoms with Crippen LogP contribution in [0.4, 0.5) is 5.69 Å². The Morgan fingerprint density at radius 1 is 1.11 bits per heavy atom. The monoisotopic (exact) mass is 366 g/mol. The molecule has 0 aliphatic carbocycles. The Balaban J connectivity index is 0.00000180. The van der Waals surface area contributed by atoms with Gasteiger partial charge in [-0.15, -0.1) is 0 Å². The second-order valence-electron chi connectivity index (χ2n) is 3.93. The summed E-state index contributed by atoms with van der Waals surface area (Å²) in [5.74, 6) is -0.134. The molecule has 0 spiro atoms. The highest BCUT2D eigenvalue weighted by Crippen LogP contribution is 2.05. The highest BCUT2D eigenvalue weighted by atomic mass is 127. The fourth-order valence-corrected chi connectivity index (χ4v) is 1.58. The number of hydrogen-bond donors (Lipinski definition) is 1. The van der Waals surface area contributed by atoms with Gasteiger partial charge in [-0.3, -0.25) is 4.79 Å². The van der Waals surface area contributed by atoms with E-state index in [-0.39, 0.29) is 29.9 Å². The molecule has 98 valence electrons. The Kier molecular flexibility index (Phi) is 6.21. The van der Waals surface area contributed by atoms with Gasteiger partial charge in [0.25, 0.3) is 0 Å². The van der Waals surface area contributed by atoms with Gasteiger partial charge in [0, 0.05) is 30.0 Å². The second-order valence-corrected chi connectivity index (χ2v) is 3.93. The Hall–Kier alpha value is -1.69. The maximum Gasteiger partial charge on any atom is 0.248 e. The number of hydrogen-bond acceptors (Lipinski definition) is 1. The zero-order valence-electron chi connectivity index (χ0n) is 10.6. The molecule has 2 aromatic rings. The summed E-state index contributed by atoms with van der Waals surface area (Å²) in [6.07, 6.45) is 5.26. The molecule has 1 heterocycles. The number of para-hydroxylation sites is 1. The molecule has 2 rings (SSSR count). The smallest absolute Gasteiger partial charge is 0.248 e. The van der Waals surface area contributed by atoms with E-state index in [1.807, 2.05) is 66.3 Å². The van der Waals surface area contributed by atoms with Crippen molar-refractivity contribution < 1.29 is 33.3 Å². The van der Waals surface area contributed by atoms with E-state index in [0.29, 0.717) is 0 Å². The first-order chi connectivity index (χ1) is 8.75. The maximum absolute atomic E-state index is 11.7. The van der Waals surface area contributed by atoms with Gasteiger partial charge in [0.1, 0.15) is 7.05 Å². The number of carbonyl (C=O) groups is 1. The van der Waals surface area contributed by atoms with E-state index < -0.39 is 0 Å². The van der Waals surface area contributed by atoms with Gasteiger partial charge in [0.15, 0.2) is 6.20 Å². The zero-order valence-corrected chi connectivity index (χ0v) is 12.7. The van der Waals surface area contributed by atoms with Crippen molar-refractivity contribution in [3.8, 4) is 0 Å². The number of benzene rings is 1. The lowest BCUT2D eigenvalue weighted by molar-refractivity contribution is -0.673. The van der Waals surface area contributed by atoms with Crippen molar-refractivity contribution >= 4 is 17.7 Å². The molecule has 1 amide bonds. The average Bonchev–Trinajstić information content (AvgIpc) is 2.39. The molecule has 0 saturated carbocycles. The molecule has 3 nitrogen and oxygen atoms in total. The topological polar surface area (TPSA) is 33.0 Å². The van der Waals surface area contributed by atoms with Crippen molar-refractivity contribution in [2.45, 2.75) is 0 Å². The molecular formula is C15H15IN2O. The number of pyridine rings is 1. The molecule has 0 aliphatic heterocycles. The number of aromatic nitrogens is 1. The number of nitrogens with zero attached hydrogens (tertiary/aromatic N) is 1. The number of nitrogens with one attached hydrogen (secondary N) is 1. The number of aryl methyl sites for hydroxylation is 1. The molecule has 0 radical (unpaired) electrons. The second kappa shape index (κ2) is 7.68. The van der Waals surface area contributed by atoms with E-state index in [9.17, 15) is 4.79 Å². The maximum atomic E-state index is 11.7. The van der Waals surface area contributed by atoms with Crippen LogP contribution in [0.1, 0.15) is 5.69 Å². The minimum Gasteiger partial charge on any atom is -1.00 e. The van der Waals surface area contributed by atoms with Crippen LogP contribution in [0.5, 0.6) is 0 Å². The number of carbonyl (C=O) groups excluding carboxylic acids is 1. The summed E-state index contributed by atoms with van der Waals surface area (Å²) in [5.41, 5.74) is 1.77. The predicted octanol–water partition coefficient (Wildman–Crippen LogP) is -0.833. The molecule has 19 heavy (non-hydrogen) atoms. The van der Waals surface area contributed by atoms with Crippen LogP contribution in [0.3, 0.4) is 0 Å². The number of amides is 1. The van der Waals surface area contributed by atoms with Crippen LogP contribution in [-0.2, 0) is 11.8 Å². The molecular weight excluding hydrogens is 351 g/mol. The van der Waals surface area contributed by atoms with Gasteiger partial charge in [-0.2, -0.15) is 0 Å². The summed E-state index contributed by atoms with van der Waals surface area (Å²) in [5, 5.41) is 2.80. The van der Waals surface area contributed by atoms with Crippen LogP contribution < -0.4 is 33.9 Å². The lowest BCUT2D eigenvalue weighted by Gasteiger charge is -2.00. The Morgan fingerprint density at radius 3 is 2.47 bits per heavy atom. The van der Waals surface area contributed by atoms with Gasteiger partial charge in [-0.25, -0.2) is 4.57 Å². The van der Waals surface area contributed by atoms with Gasteiger partial charge >= 0.3 is 0 Å². The fourth-order valence-electron chi connectivity index (χ4n) is 1.58. The third-order valence-electron chi connectivity index (χ3n) is 2.54. The fraction of sp³-hybridized carbons (Fsp3) is 0.0667. The van der Waals surface area contributed by atoms with Crippen LogP contribution in [0.15, 0.2) is 60.8 Å². The summed E-state index contributed by atoms with van der Waals surface area (Å²) in [6, 6.07) is 15.2. The lowest BCUT2D eigenvalue weighted by atomic mass is 10.3. The Labute approximate surface area is 130 Å². The first-order valence-electron chi connectivity index (χ1n) is 5.74. The van der Waals surface area contributed by atoms with Gasteiger partial charge in [0.05, 0.1) is 0 Å². The summed E-state index contributed by atoms with van der Waals surface area (Å²) in [6.45, 7) is 0. The van der Waals surface area contributed by atoms with Crippen LogP contribution in [0.25, 0.3) is 6.08 Å². The highest BCUT2D eigenvalue weighted by Gasteiger charge is 2.01. The van der Waals surface area contributed by atoms with E-state index in [1.165, 1.54) is 6.08 Å². The van der Waals surface area contributed by atoms with Crippen molar-refractivity contribution in [2.75, 3.05) is 5.32 Å². The largest absolute Gasteiger partial charge is 1.00 e. The van der Waals surface area contributed by atoms with Gasteiger partial charge in [-0.1, -0.05) is 18.2 Å². The van der Waals surface area contributed by atoms with Crippen LogP contribution in [0.2, 0.25) is 0 Å². The summed E-state index contributed by atoms with van der Waals surface area (Å²) in [7, 11) is 1.94. The van der Waals surface area contributed by atoms with E-state index in [0.717, 1.165) is 11.4 Å². The molecule has 4 heteroatoms. The normalized spacial score (nSPS) is 9.95. The molecule has 0 aliphatic rings. The van der Waals surface area contributed by atoms with Crippen LogP contribution >= 0.6 is 0 Å². The quantitative estimate of drug-likeness (QED) is 0.429. The summed E-state index contributed by atoms with van der Waals surface area (Å²) < 4.78 is 1.95. The van der Waals surface area contributed by atoms with Crippen molar-refractivity contribution in [3.05, 3.63) is 66.5 Å². The SMILES string of the molecule is C[n+]1ccccc1C=CC(=O)Nc1ccccc1.[I-]. The number of halogens is 1. The van der Waals surface area contributed by atoms with Gasteiger partial charge in [0.2, 0.25) is 11.6 Å². The zero-order chi connectivity index (χ0) is 12.8. The van der Waals surface area contributed by atoms with E-state index in [4.69, 9.17) is 0 Å². The molecule has 0 bridgehead atoms. The third-order valence-corrected chi connectivity index (χ3v) is 2.54. The molecule has 1 N–H and O–H groups in total. The van der Waals surface area contributed by atoms with E-state index in [2.05, 4.69) is 5.32 Å². The standard InChI is InChI=1S/C15H14N2O.HI/c1-17-12-6-5-9-14(17)10-11-15(18)16-13-7-3-2-4-8-13;/h2-12H,1H3;1H. The van der Waals surface area contributed by atoms with Gasteiger partial charge < -0.3 is 29.3 Å². The van der Waals surface area contributed by atoms with E-state index in [1.54, 1.807) is 6.08 Å².